The molecule has 4 rings (SSSR count). The molecule has 2 saturated heterocycles. The molecule has 2 bridgehead atoms. The number of carbonyl (C=O) groups excluding carboxylic acids is 2. The summed E-state index contributed by atoms with van der Waals surface area (Å²) >= 11 is 1.49. The van der Waals surface area contributed by atoms with E-state index >= 15 is 0 Å². The van der Waals surface area contributed by atoms with E-state index in [1.807, 2.05) is 56.0 Å². The molecule has 3 heterocycles. The average molecular weight is 460 g/mol. The van der Waals surface area contributed by atoms with E-state index in [2.05, 4.69) is 15.5 Å². The Morgan fingerprint density at radius 2 is 2.00 bits per heavy atom. The number of nitrogens with zero attached hydrogens (tertiary/aromatic N) is 4. The summed E-state index contributed by atoms with van der Waals surface area (Å²) in [7, 11) is 0. The van der Waals surface area contributed by atoms with Crippen molar-refractivity contribution in [3.63, 3.8) is 0 Å². The number of benzene rings is 1. The fraction of sp³-hybridized carbons (Fsp3) is 0.545. The van der Waals surface area contributed by atoms with Crippen LogP contribution in [0.5, 0.6) is 0 Å². The van der Waals surface area contributed by atoms with Crippen molar-refractivity contribution in [1.29, 1.82) is 0 Å². The molecule has 1 aromatic heterocycles. The van der Waals surface area contributed by atoms with Gasteiger partial charge in [-0.05, 0) is 39.2 Å². The Morgan fingerprint density at radius 3 is 2.75 bits per heavy atom. The van der Waals surface area contributed by atoms with E-state index < -0.39 is 11.7 Å². The Hall–Kier alpha value is -2.72. The predicted octanol–water partition coefficient (Wildman–Crippen LogP) is 3.68. The number of piperidine rings is 1. The van der Waals surface area contributed by atoms with Crippen molar-refractivity contribution in [3.8, 4) is 0 Å². The highest BCUT2D eigenvalue weighted by Gasteiger charge is 2.47. The third-order valence-electron chi connectivity index (χ3n) is 5.31. The molecule has 2 aromatic rings. The van der Waals surface area contributed by atoms with Crippen LogP contribution in [0.3, 0.4) is 0 Å². The summed E-state index contributed by atoms with van der Waals surface area (Å²) in [5.41, 5.74) is 0.502. The minimum Gasteiger partial charge on any atom is -0.444 e. The van der Waals surface area contributed by atoms with Crippen LogP contribution in [0.25, 0.3) is 0 Å². The second-order valence-corrected chi connectivity index (χ2v) is 10.1. The van der Waals surface area contributed by atoms with Gasteiger partial charge < -0.3 is 15.0 Å². The standard InChI is InChI=1S/C22H29N5O4S/c1-22(2,3)31-20(28)23-12-11-18-24-25-19(32-18)17-10-9-16-13-26(17)21(29)27(16)30-14-15-7-5-4-6-8-15/h4-8,16-17H,9-14H2,1-3H3,(H,23,28)/t16-,17+/m1/s1. The van der Waals surface area contributed by atoms with E-state index in [0.717, 1.165) is 28.4 Å². The first-order valence-electron chi connectivity index (χ1n) is 10.9. The lowest BCUT2D eigenvalue weighted by atomic mass is 10.0. The van der Waals surface area contributed by atoms with Gasteiger partial charge in [0.15, 0.2) is 0 Å². The number of alkyl carbamates (subject to hydrolysis) is 1. The molecule has 9 nitrogen and oxygen atoms in total. The number of urea groups is 1. The highest BCUT2D eigenvalue weighted by Crippen LogP contribution is 2.39. The van der Waals surface area contributed by atoms with Crippen molar-refractivity contribution in [3.05, 3.63) is 45.9 Å². The molecule has 172 valence electrons. The van der Waals surface area contributed by atoms with Crippen molar-refractivity contribution >= 4 is 23.5 Å². The zero-order valence-electron chi connectivity index (χ0n) is 18.6. The van der Waals surface area contributed by atoms with Crippen LogP contribution in [0.2, 0.25) is 0 Å². The number of aromatic nitrogens is 2. The molecule has 1 aromatic carbocycles. The summed E-state index contributed by atoms with van der Waals surface area (Å²) in [4.78, 5) is 32.5. The maximum absolute atomic E-state index is 13.0. The number of ether oxygens (including phenoxy) is 1. The van der Waals surface area contributed by atoms with Crippen molar-refractivity contribution in [2.24, 2.45) is 0 Å². The predicted molar refractivity (Wildman–Crippen MR) is 119 cm³/mol. The fourth-order valence-electron chi connectivity index (χ4n) is 3.86. The van der Waals surface area contributed by atoms with Gasteiger partial charge in [0.1, 0.15) is 22.2 Å². The topological polar surface area (TPSA) is 96.9 Å². The Balaban J connectivity index is 1.30. The van der Waals surface area contributed by atoms with Crippen LogP contribution in [0, 0.1) is 0 Å². The van der Waals surface area contributed by atoms with Gasteiger partial charge in [0.05, 0.1) is 12.1 Å². The Labute approximate surface area is 191 Å². The molecule has 2 aliphatic heterocycles. The molecular weight excluding hydrogens is 430 g/mol. The Morgan fingerprint density at radius 1 is 1.22 bits per heavy atom. The van der Waals surface area contributed by atoms with Gasteiger partial charge in [-0.1, -0.05) is 41.7 Å². The first-order valence-corrected chi connectivity index (χ1v) is 11.7. The SMILES string of the molecule is CC(C)(C)OC(=O)NCCc1nnc([C@@H]2CC[C@@H]3CN2C(=O)N3OCc2ccccc2)s1. The van der Waals surface area contributed by atoms with Gasteiger partial charge in [0.25, 0.3) is 0 Å². The molecular formula is C22H29N5O4S. The van der Waals surface area contributed by atoms with E-state index in [4.69, 9.17) is 9.57 Å². The van der Waals surface area contributed by atoms with Gasteiger partial charge in [0, 0.05) is 19.5 Å². The van der Waals surface area contributed by atoms with E-state index in [1.54, 1.807) is 0 Å². The lowest BCUT2D eigenvalue weighted by molar-refractivity contribution is -0.140. The van der Waals surface area contributed by atoms with E-state index in [0.29, 0.717) is 26.1 Å². The summed E-state index contributed by atoms with van der Waals surface area (Å²) in [6, 6.07) is 9.69. The smallest absolute Gasteiger partial charge is 0.407 e. The lowest BCUT2D eigenvalue weighted by Crippen LogP contribution is -2.34. The molecule has 2 atom stereocenters. The lowest BCUT2D eigenvalue weighted by Gasteiger charge is -2.28. The summed E-state index contributed by atoms with van der Waals surface area (Å²) in [6.07, 6.45) is 1.80. The highest BCUT2D eigenvalue weighted by atomic mass is 32.1. The van der Waals surface area contributed by atoms with Crippen LogP contribution in [0.15, 0.2) is 30.3 Å². The van der Waals surface area contributed by atoms with E-state index in [9.17, 15) is 9.59 Å². The molecule has 1 N–H and O–H groups in total. The quantitative estimate of drug-likeness (QED) is 0.678. The van der Waals surface area contributed by atoms with Crippen LogP contribution in [0.4, 0.5) is 9.59 Å². The maximum atomic E-state index is 13.0. The second-order valence-electron chi connectivity index (χ2n) is 8.98. The third-order valence-corrected chi connectivity index (χ3v) is 6.39. The summed E-state index contributed by atoms with van der Waals surface area (Å²) in [5.74, 6) is 0. The first-order chi connectivity index (χ1) is 15.3. The minimum atomic E-state index is -0.528. The van der Waals surface area contributed by atoms with Gasteiger partial charge in [-0.15, -0.1) is 10.2 Å². The molecule has 32 heavy (non-hydrogen) atoms. The van der Waals surface area contributed by atoms with Crippen LogP contribution >= 0.6 is 11.3 Å². The van der Waals surface area contributed by atoms with Gasteiger partial charge >= 0.3 is 12.1 Å². The number of fused-ring (bicyclic) bond motifs is 2. The summed E-state index contributed by atoms with van der Waals surface area (Å²) in [6.45, 7) is 6.89. The van der Waals surface area contributed by atoms with Crippen molar-refractivity contribution in [2.45, 2.75) is 64.3 Å². The number of rotatable bonds is 7. The van der Waals surface area contributed by atoms with E-state index in [-0.39, 0.29) is 18.1 Å². The molecule has 3 amide bonds. The van der Waals surface area contributed by atoms with Crippen molar-refractivity contribution in [2.75, 3.05) is 13.1 Å². The molecule has 0 unspecified atom stereocenters. The number of carbonyl (C=O) groups is 2. The highest BCUT2D eigenvalue weighted by molar-refractivity contribution is 7.11. The molecule has 0 saturated carbocycles. The summed E-state index contributed by atoms with van der Waals surface area (Å²) < 4.78 is 5.24. The number of hydroxylamine groups is 2. The zero-order chi connectivity index (χ0) is 22.7. The molecule has 2 aliphatic rings. The maximum Gasteiger partial charge on any atom is 0.407 e. The first kappa shape index (κ1) is 22.5. The van der Waals surface area contributed by atoms with Gasteiger partial charge in [-0.2, -0.15) is 5.06 Å². The Kier molecular flexibility index (Phi) is 6.61. The largest absolute Gasteiger partial charge is 0.444 e. The monoisotopic (exact) mass is 459 g/mol. The normalized spacial score (nSPS) is 20.5. The number of hydrogen-bond donors (Lipinski definition) is 1. The average Bonchev–Trinajstić information content (AvgIpc) is 3.30. The fourth-order valence-corrected chi connectivity index (χ4v) is 4.85. The minimum absolute atomic E-state index is 0.0629. The molecule has 0 radical (unpaired) electrons. The van der Waals surface area contributed by atoms with Crippen molar-refractivity contribution in [1.82, 2.24) is 25.5 Å². The Bertz CT molecular complexity index is 945. The molecule has 0 aliphatic carbocycles. The zero-order valence-corrected chi connectivity index (χ0v) is 19.4. The van der Waals surface area contributed by atoms with Crippen LogP contribution in [-0.2, 0) is 22.6 Å². The van der Waals surface area contributed by atoms with Crippen LogP contribution in [0.1, 0.15) is 55.2 Å². The van der Waals surface area contributed by atoms with Gasteiger partial charge in [0.2, 0.25) is 0 Å². The third kappa shape index (κ3) is 5.36. The van der Waals surface area contributed by atoms with Gasteiger partial charge in [-0.25, -0.2) is 9.59 Å². The number of amides is 3. The molecule has 2 fully saturated rings. The van der Waals surface area contributed by atoms with Crippen molar-refractivity contribution < 1.29 is 19.2 Å². The second kappa shape index (κ2) is 9.41. The van der Waals surface area contributed by atoms with E-state index in [1.165, 1.54) is 16.4 Å². The van der Waals surface area contributed by atoms with Crippen LogP contribution < -0.4 is 5.32 Å². The number of nitrogens with one attached hydrogen (secondary N) is 1. The summed E-state index contributed by atoms with van der Waals surface area (Å²) in [5, 5.41) is 14.5. The molecule has 10 heteroatoms. The molecule has 0 spiro atoms. The number of hydrogen-bond acceptors (Lipinski definition) is 7. The van der Waals surface area contributed by atoms with Crippen LogP contribution in [-0.4, -0.2) is 57.0 Å². The van der Waals surface area contributed by atoms with Gasteiger partial charge in [-0.3, -0.25) is 4.84 Å².